The van der Waals surface area contributed by atoms with Crippen LogP contribution in [0.5, 0.6) is 11.5 Å². The van der Waals surface area contributed by atoms with Gasteiger partial charge in [0.05, 0.1) is 12.1 Å². The molecular weight excluding hydrogens is 383 g/mol. The minimum atomic E-state index is 0. The number of aryl methyl sites for hydroxylation is 2. The van der Waals surface area contributed by atoms with Crippen molar-refractivity contribution in [2.45, 2.75) is 51.6 Å². The van der Waals surface area contributed by atoms with Gasteiger partial charge in [0.25, 0.3) is 0 Å². The fraction of sp³-hybridized carbons (Fsp3) is 0.364. The molecule has 2 atom stereocenters. The predicted molar refractivity (Wildman–Crippen MR) is 107 cm³/mol. The standard InChI is InChI=1S/C22H26N2O2.Co/c1-15-11-16(2)22(26)18(12-15)14-24-20-9-5-4-8-19(20)23-13-17-7-3-6-10-21(17)25;/h3,6-7,10-14,19-20,25-26H,4-5,8-9H2,1-2H3;/t19-,20-;/m1./s1. The number of benzene rings is 2. The van der Waals surface area contributed by atoms with Gasteiger partial charge in [0, 0.05) is 40.3 Å². The molecule has 0 unspecified atom stereocenters. The van der Waals surface area contributed by atoms with Crippen LogP contribution in [-0.4, -0.2) is 34.7 Å². The first kappa shape index (κ1) is 21.2. The van der Waals surface area contributed by atoms with Crippen LogP contribution < -0.4 is 0 Å². The summed E-state index contributed by atoms with van der Waals surface area (Å²) in [5, 5.41) is 20.1. The molecule has 2 N–H and O–H groups in total. The third-order valence-electron chi connectivity index (χ3n) is 4.92. The molecular formula is C22H26CoN2O2. The number of aromatic hydroxyl groups is 2. The third kappa shape index (κ3) is 5.43. The summed E-state index contributed by atoms with van der Waals surface area (Å²) in [6, 6.07) is 11.3. The summed E-state index contributed by atoms with van der Waals surface area (Å²) in [5.74, 6) is 0.539. The molecule has 2 aromatic rings. The van der Waals surface area contributed by atoms with Crippen molar-refractivity contribution < 1.29 is 27.0 Å². The molecule has 0 spiro atoms. The Balaban J connectivity index is 0.00000261. The minimum Gasteiger partial charge on any atom is -0.507 e. The van der Waals surface area contributed by atoms with Crippen molar-refractivity contribution in [3.05, 3.63) is 58.7 Å². The van der Waals surface area contributed by atoms with E-state index in [0.29, 0.717) is 5.75 Å². The Morgan fingerprint density at radius 1 is 0.889 bits per heavy atom. The number of hydrogen-bond acceptors (Lipinski definition) is 4. The molecule has 145 valence electrons. The van der Waals surface area contributed by atoms with E-state index >= 15 is 0 Å². The Labute approximate surface area is 171 Å². The molecule has 4 nitrogen and oxygen atoms in total. The molecule has 0 heterocycles. The van der Waals surface area contributed by atoms with Crippen molar-refractivity contribution in [1.29, 1.82) is 0 Å². The van der Waals surface area contributed by atoms with Crippen molar-refractivity contribution in [2.75, 3.05) is 0 Å². The number of rotatable bonds is 4. The molecule has 1 fully saturated rings. The number of hydrogen-bond donors (Lipinski definition) is 2. The summed E-state index contributed by atoms with van der Waals surface area (Å²) in [6.45, 7) is 3.92. The second-order valence-electron chi connectivity index (χ2n) is 7.05. The molecule has 1 aliphatic carbocycles. The largest absolute Gasteiger partial charge is 0.507 e. The average molecular weight is 409 g/mol. The van der Waals surface area contributed by atoms with Crippen molar-refractivity contribution in [1.82, 2.24) is 0 Å². The van der Waals surface area contributed by atoms with Crippen molar-refractivity contribution >= 4 is 12.4 Å². The molecule has 0 bridgehead atoms. The van der Waals surface area contributed by atoms with Crippen molar-refractivity contribution in [3.8, 4) is 11.5 Å². The molecule has 0 aliphatic heterocycles. The van der Waals surface area contributed by atoms with E-state index in [2.05, 4.69) is 0 Å². The van der Waals surface area contributed by atoms with E-state index in [0.717, 1.165) is 47.9 Å². The zero-order valence-corrected chi connectivity index (χ0v) is 16.8. The maximum atomic E-state index is 10.3. The van der Waals surface area contributed by atoms with Crippen LogP contribution in [-0.2, 0) is 16.8 Å². The Morgan fingerprint density at radius 3 is 2.11 bits per heavy atom. The van der Waals surface area contributed by atoms with Crippen LogP contribution in [0, 0.1) is 13.8 Å². The van der Waals surface area contributed by atoms with Crippen LogP contribution in [0.3, 0.4) is 0 Å². The second kappa shape index (κ2) is 9.72. The van der Waals surface area contributed by atoms with Gasteiger partial charge in [-0.2, -0.15) is 0 Å². The molecule has 2 aromatic carbocycles. The summed E-state index contributed by atoms with van der Waals surface area (Å²) in [6.07, 6.45) is 7.80. The summed E-state index contributed by atoms with van der Waals surface area (Å²) in [7, 11) is 0. The van der Waals surface area contributed by atoms with E-state index < -0.39 is 0 Å². The number of para-hydroxylation sites is 1. The van der Waals surface area contributed by atoms with Crippen LogP contribution in [0.25, 0.3) is 0 Å². The normalized spacial score (nSPS) is 20.1. The van der Waals surface area contributed by atoms with Crippen molar-refractivity contribution in [2.24, 2.45) is 9.98 Å². The molecule has 27 heavy (non-hydrogen) atoms. The third-order valence-corrected chi connectivity index (χ3v) is 4.92. The van der Waals surface area contributed by atoms with E-state index in [1.165, 1.54) is 0 Å². The number of phenols is 2. The Kier molecular flexibility index (Phi) is 7.62. The van der Waals surface area contributed by atoms with Gasteiger partial charge in [0.15, 0.2) is 0 Å². The van der Waals surface area contributed by atoms with Gasteiger partial charge < -0.3 is 10.2 Å². The van der Waals surface area contributed by atoms with Gasteiger partial charge in [-0.1, -0.05) is 31.0 Å². The molecule has 3 rings (SSSR count). The molecule has 0 saturated heterocycles. The van der Waals surface area contributed by atoms with Crippen LogP contribution >= 0.6 is 0 Å². The molecule has 1 saturated carbocycles. The Morgan fingerprint density at radius 2 is 1.48 bits per heavy atom. The monoisotopic (exact) mass is 409 g/mol. The van der Waals surface area contributed by atoms with Gasteiger partial charge in [-0.15, -0.1) is 0 Å². The van der Waals surface area contributed by atoms with Gasteiger partial charge in [-0.3, -0.25) is 9.98 Å². The van der Waals surface area contributed by atoms with Crippen LogP contribution in [0.2, 0.25) is 0 Å². The molecule has 0 aromatic heterocycles. The predicted octanol–water partition coefficient (Wildman–Crippen LogP) is 4.56. The van der Waals surface area contributed by atoms with E-state index in [1.807, 2.05) is 38.1 Å². The zero-order valence-electron chi connectivity index (χ0n) is 15.7. The summed E-state index contributed by atoms with van der Waals surface area (Å²) in [4.78, 5) is 9.46. The first-order chi connectivity index (χ1) is 12.5. The van der Waals surface area contributed by atoms with Gasteiger partial charge in [0.1, 0.15) is 11.5 Å². The summed E-state index contributed by atoms with van der Waals surface area (Å²) in [5.41, 5.74) is 3.47. The topological polar surface area (TPSA) is 65.2 Å². The number of aliphatic imine (C=N–C) groups is 2. The fourth-order valence-corrected chi connectivity index (χ4v) is 3.48. The van der Waals surface area contributed by atoms with Crippen LogP contribution in [0.4, 0.5) is 0 Å². The maximum Gasteiger partial charge on any atom is 0.127 e. The molecule has 5 heteroatoms. The number of phenolic OH excluding ortho intramolecular Hbond substituents is 2. The van der Waals surface area contributed by atoms with Gasteiger partial charge in [-0.05, 0) is 56.0 Å². The van der Waals surface area contributed by atoms with E-state index in [1.54, 1.807) is 24.6 Å². The van der Waals surface area contributed by atoms with Crippen molar-refractivity contribution in [3.63, 3.8) is 0 Å². The van der Waals surface area contributed by atoms with Gasteiger partial charge >= 0.3 is 0 Å². The smallest absolute Gasteiger partial charge is 0.127 e. The summed E-state index contributed by atoms with van der Waals surface area (Å²) < 4.78 is 0. The van der Waals surface area contributed by atoms with Gasteiger partial charge in [-0.25, -0.2) is 0 Å². The zero-order chi connectivity index (χ0) is 18.5. The number of nitrogens with zero attached hydrogens (tertiary/aromatic N) is 2. The quantitative estimate of drug-likeness (QED) is 0.727. The first-order valence-corrected chi connectivity index (χ1v) is 9.19. The van der Waals surface area contributed by atoms with Crippen LogP contribution in [0.1, 0.15) is 47.9 Å². The molecule has 1 radical (unpaired) electrons. The fourth-order valence-electron chi connectivity index (χ4n) is 3.48. The SMILES string of the molecule is Cc1cc(C)c(O)c(C=N[C@@H]2CCCC[C@H]2N=Cc2ccccc2O)c1.[Co]. The maximum absolute atomic E-state index is 10.3. The Bertz CT molecular complexity index is 833. The molecule has 1 aliphatic rings. The van der Waals surface area contributed by atoms with E-state index in [-0.39, 0.29) is 34.6 Å². The Hall–Kier alpha value is -2.11. The summed E-state index contributed by atoms with van der Waals surface area (Å²) >= 11 is 0. The minimum absolute atomic E-state index is 0. The van der Waals surface area contributed by atoms with E-state index in [4.69, 9.17) is 9.98 Å². The molecule has 0 amide bonds. The van der Waals surface area contributed by atoms with E-state index in [9.17, 15) is 10.2 Å². The second-order valence-corrected chi connectivity index (χ2v) is 7.05. The van der Waals surface area contributed by atoms with Crippen LogP contribution in [0.15, 0.2) is 46.4 Å². The average Bonchev–Trinajstić information content (AvgIpc) is 2.63. The first-order valence-electron chi connectivity index (χ1n) is 9.19. The van der Waals surface area contributed by atoms with Gasteiger partial charge in [0.2, 0.25) is 0 Å².